The maximum atomic E-state index is 12.3. The highest BCUT2D eigenvalue weighted by Crippen LogP contribution is 2.34. The average molecular weight is 363 g/mol. The minimum Gasteiger partial charge on any atom is -0.487 e. The predicted octanol–water partition coefficient (Wildman–Crippen LogP) is 3.24. The van der Waals surface area contributed by atoms with Crippen molar-refractivity contribution in [2.75, 3.05) is 25.1 Å². The lowest BCUT2D eigenvalue weighted by atomic mass is 10.1. The molecule has 5 nitrogen and oxygen atoms in total. The first-order valence-corrected chi connectivity index (χ1v) is 8.05. The number of hydrogen-bond donors (Lipinski definition) is 2. The van der Waals surface area contributed by atoms with Gasteiger partial charge < -0.3 is 20.5 Å². The summed E-state index contributed by atoms with van der Waals surface area (Å²) in [6.07, 6.45) is 2.45. The van der Waals surface area contributed by atoms with E-state index in [2.05, 4.69) is 5.32 Å². The van der Waals surface area contributed by atoms with Crippen LogP contribution >= 0.6 is 24.0 Å². The molecule has 2 unspecified atom stereocenters. The van der Waals surface area contributed by atoms with Gasteiger partial charge >= 0.3 is 0 Å². The fourth-order valence-corrected chi connectivity index (χ4v) is 2.82. The summed E-state index contributed by atoms with van der Waals surface area (Å²) in [5.41, 5.74) is 6.46. The third-order valence-electron chi connectivity index (χ3n) is 3.75. The van der Waals surface area contributed by atoms with E-state index >= 15 is 0 Å². The Balaban J connectivity index is 0.00000264. The number of nitrogens with one attached hydrogen (secondary N) is 1. The predicted molar refractivity (Wildman–Crippen MR) is 94.6 cm³/mol. The van der Waals surface area contributed by atoms with E-state index in [1.165, 1.54) is 0 Å². The molecule has 0 radical (unpaired) electrons. The van der Waals surface area contributed by atoms with Crippen LogP contribution in [0.15, 0.2) is 18.2 Å². The normalized spacial score (nSPS) is 20.0. The number of carbonyl (C=O) groups is 1. The highest BCUT2D eigenvalue weighted by Gasteiger charge is 2.28. The molecule has 7 heteroatoms. The summed E-state index contributed by atoms with van der Waals surface area (Å²) >= 11 is 6.17. The van der Waals surface area contributed by atoms with Gasteiger partial charge in [-0.25, -0.2) is 0 Å². The minimum absolute atomic E-state index is 0. The lowest BCUT2D eigenvalue weighted by molar-refractivity contribution is -0.119. The van der Waals surface area contributed by atoms with Crippen molar-refractivity contribution < 1.29 is 14.3 Å². The summed E-state index contributed by atoms with van der Waals surface area (Å²) in [6.45, 7) is 3.42. The molecule has 1 aliphatic carbocycles. The Kier molecular flexibility index (Phi) is 8.69. The largest absolute Gasteiger partial charge is 0.487 e. The number of nitrogens with two attached hydrogens (primary N) is 1. The molecule has 2 rings (SSSR count). The number of hydrogen-bond acceptors (Lipinski definition) is 4. The van der Waals surface area contributed by atoms with Crippen LogP contribution in [0.25, 0.3) is 0 Å². The van der Waals surface area contributed by atoms with Crippen molar-refractivity contribution in [3.63, 3.8) is 0 Å². The molecule has 0 bridgehead atoms. The Hall–Kier alpha value is -1.01. The second-order valence-corrected chi connectivity index (χ2v) is 5.83. The number of rotatable bonds is 7. The highest BCUT2D eigenvalue weighted by atomic mass is 35.5. The fraction of sp³-hybridized carbons (Fsp3) is 0.562. The van der Waals surface area contributed by atoms with E-state index in [0.717, 1.165) is 19.3 Å². The third-order valence-corrected chi connectivity index (χ3v) is 4.04. The number of para-hydroxylation sites is 1. The first-order chi connectivity index (χ1) is 10.6. The summed E-state index contributed by atoms with van der Waals surface area (Å²) in [7, 11) is 0. The molecule has 0 heterocycles. The highest BCUT2D eigenvalue weighted by molar-refractivity contribution is 6.32. The van der Waals surface area contributed by atoms with E-state index in [1.807, 2.05) is 6.92 Å². The Labute approximate surface area is 148 Å². The van der Waals surface area contributed by atoms with Crippen LogP contribution in [0.3, 0.4) is 0 Å². The van der Waals surface area contributed by atoms with Gasteiger partial charge in [-0.2, -0.15) is 0 Å². The van der Waals surface area contributed by atoms with Crippen LogP contribution in [-0.4, -0.2) is 31.8 Å². The monoisotopic (exact) mass is 362 g/mol. The van der Waals surface area contributed by atoms with Crippen molar-refractivity contribution in [3.8, 4) is 5.75 Å². The number of amides is 1. The molecule has 0 saturated heterocycles. The SMILES string of the molecule is CCOCCOc1c(Cl)cccc1NC(=O)C1CCC(N)C1.Cl. The topological polar surface area (TPSA) is 73.6 Å². The quantitative estimate of drug-likeness (QED) is 0.730. The maximum Gasteiger partial charge on any atom is 0.227 e. The molecule has 1 aromatic carbocycles. The van der Waals surface area contributed by atoms with Crippen LogP contribution in [0.2, 0.25) is 5.02 Å². The molecule has 2 atom stereocenters. The first kappa shape index (κ1) is 20.0. The third kappa shape index (κ3) is 5.84. The van der Waals surface area contributed by atoms with E-state index in [9.17, 15) is 4.79 Å². The standard InChI is InChI=1S/C16H23ClN2O3.ClH/c1-2-21-8-9-22-15-13(17)4-3-5-14(15)19-16(20)11-6-7-12(18)10-11;/h3-5,11-12H,2,6-10,18H2,1H3,(H,19,20);1H. The van der Waals surface area contributed by atoms with Gasteiger partial charge in [-0.05, 0) is 38.3 Å². The molecule has 23 heavy (non-hydrogen) atoms. The number of carbonyl (C=O) groups excluding carboxylic acids is 1. The van der Waals surface area contributed by atoms with Crippen LogP contribution in [0.4, 0.5) is 5.69 Å². The Bertz CT molecular complexity index is 514. The molecule has 130 valence electrons. The van der Waals surface area contributed by atoms with Gasteiger partial charge in [0, 0.05) is 18.6 Å². The van der Waals surface area contributed by atoms with E-state index in [1.54, 1.807) is 18.2 Å². The first-order valence-electron chi connectivity index (χ1n) is 7.67. The lowest BCUT2D eigenvalue weighted by Crippen LogP contribution is -2.23. The molecule has 1 amide bonds. The average Bonchev–Trinajstić information content (AvgIpc) is 2.92. The van der Waals surface area contributed by atoms with E-state index in [0.29, 0.717) is 36.3 Å². The van der Waals surface area contributed by atoms with Crippen molar-refractivity contribution >= 4 is 35.6 Å². The molecule has 0 aromatic heterocycles. The van der Waals surface area contributed by atoms with E-state index < -0.39 is 0 Å². The smallest absolute Gasteiger partial charge is 0.227 e. The van der Waals surface area contributed by atoms with E-state index in [4.69, 9.17) is 26.8 Å². The number of anilines is 1. The number of halogens is 2. The second-order valence-electron chi connectivity index (χ2n) is 5.42. The van der Waals surface area contributed by atoms with Crippen molar-refractivity contribution in [3.05, 3.63) is 23.2 Å². The summed E-state index contributed by atoms with van der Waals surface area (Å²) in [5.74, 6) is 0.426. The fourth-order valence-electron chi connectivity index (χ4n) is 2.59. The van der Waals surface area contributed by atoms with Gasteiger partial charge in [0.2, 0.25) is 5.91 Å². The van der Waals surface area contributed by atoms with Crippen molar-refractivity contribution in [2.45, 2.75) is 32.2 Å². The zero-order valence-corrected chi connectivity index (χ0v) is 14.8. The van der Waals surface area contributed by atoms with Crippen molar-refractivity contribution in [1.29, 1.82) is 0 Å². The molecule has 3 N–H and O–H groups in total. The van der Waals surface area contributed by atoms with Gasteiger partial charge in [0.05, 0.1) is 17.3 Å². The minimum atomic E-state index is -0.0368. The van der Waals surface area contributed by atoms with Crippen molar-refractivity contribution in [2.24, 2.45) is 11.7 Å². The van der Waals surface area contributed by atoms with Gasteiger partial charge in [-0.3, -0.25) is 4.79 Å². The van der Waals surface area contributed by atoms with Gasteiger partial charge in [0.15, 0.2) is 5.75 Å². The van der Waals surface area contributed by atoms with Crippen LogP contribution < -0.4 is 15.8 Å². The van der Waals surface area contributed by atoms with Gasteiger partial charge in [-0.15, -0.1) is 12.4 Å². The molecular formula is C16H24Cl2N2O3. The second kappa shape index (κ2) is 9.98. The van der Waals surface area contributed by atoms with Gasteiger partial charge in [0.1, 0.15) is 6.61 Å². The summed E-state index contributed by atoms with van der Waals surface area (Å²) in [4.78, 5) is 12.3. The maximum absolute atomic E-state index is 12.3. The molecule has 1 aliphatic rings. The molecule has 0 spiro atoms. The molecule has 1 fully saturated rings. The van der Waals surface area contributed by atoms with Crippen LogP contribution in [0.1, 0.15) is 26.2 Å². The Morgan fingerprint density at radius 3 is 2.83 bits per heavy atom. The van der Waals surface area contributed by atoms with Crippen LogP contribution in [0, 0.1) is 5.92 Å². The zero-order valence-electron chi connectivity index (χ0n) is 13.2. The van der Waals surface area contributed by atoms with Gasteiger partial charge in [0.25, 0.3) is 0 Å². The zero-order chi connectivity index (χ0) is 15.9. The summed E-state index contributed by atoms with van der Waals surface area (Å²) in [5, 5.41) is 3.38. The van der Waals surface area contributed by atoms with Gasteiger partial charge in [-0.1, -0.05) is 17.7 Å². The molecule has 1 saturated carbocycles. The molecular weight excluding hydrogens is 339 g/mol. The number of benzene rings is 1. The van der Waals surface area contributed by atoms with E-state index in [-0.39, 0.29) is 30.3 Å². The van der Waals surface area contributed by atoms with Crippen molar-refractivity contribution in [1.82, 2.24) is 0 Å². The molecule has 1 aromatic rings. The number of ether oxygens (including phenoxy) is 2. The lowest BCUT2D eigenvalue weighted by Gasteiger charge is -2.16. The Morgan fingerprint density at radius 2 is 2.17 bits per heavy atom. The Morgan fingerprint density at radius 1 is 1.39 bits per heavy atom. The summed E-state index contributed by atoms with van der Waals surface area (Å²) in [6, 6.07) is 5.43. The van der Waals surface area contributed by atoms with Crippen LogP contribution in [0.5, 0.6) is 5.75 Å². The van der Waals surface area contributed by atoms with Crippen LogP contribution in [-0.2, 0) is 9.53 Å². The summed E-state index contributed by atoms with van der Waals surface area (Å²) < 4.78 is 10.9. The molecule has 0 aliphatic heterocycles.